The van der Waals surface area contributed by atoms with Crippen molar-refractivity contribution in [3.8, 4) is 11.1 Å². The van der Waals surface area contributed by atoms with Crippen molar-refractivity contribution in [1.29, 1.82) is 0 Å². The molecule has 3 atom stereocenters. The molecular formula is C32H35F3N6O. The van der Waals surface area contributed by atoms with E-state index in [0.717, 1.165) is 54.6 Å². The molecule has 0 spiro atoms. The first-order valence-electron chi connectivity index (χ1n) is 14.9. The lowest BCUT2D eigenvalue weighted by Gasteiger charge is -2.46. The topological polar surface area (TPSA) is 68.3 Å². The molecule has 4 heterocycles. The van der Waals surface area contributed by atoms with Gasteiger partial charge in [-0.3, -0.25) is 14.1 Å². The van der Waals surface area contributed by atoms with Crippen molar-refractivity contribution in [3.05, 3.63) is 81.9 Å². The average Bonchev–Trinajstić information content (AvgIpc) is 3.63. The summed E-state index contributed by atoms with van der Waals surface area (Å²) < 4.78 is 45.9. The highest BCUT2D eigenvalue weighted by Crippen LogP contribution is 2.52. The second-order valence-electron chi connectivity index (χ2n) is 12.9. The normalized spacial score (nSPS) is 28.1. The van der Waals surface area contributed by atoms with Crippen molar-refractivity contribution in [1.82, 2.24) is 29.0 Å². The van der Waals surface area contributed by atoms with Gasteiger partial charge in [-0.05, 0) is 79.3 Å². The van der Waals surface area contributed by atoms with Crippen LogP contribution in [0.4, 0.5) is 13.2 Å². The number of pyridine rings is 1. The zero-order chi connectivity index (χ0) is 29.4. The Labute approximate surface area is 242 Å². The first kappa shape index (κ1) is 27.3. The quantitative estimate of drug-likeness (QED) is 0.300. The van der Waals surface area contributed by atoms with Crippen LogP contribution in [0.25, 0.3) is 16.8 Å². The summed E-state index contributed by atoms with van der Waals surface area (Å²) >= 11 is 0. The van der Waals surface area contributed by atoms with E-state index < -0.39 is 17.3 Å². The summed E-state index contributed by atoms with van der Waals surface area (Å²) in [6, 6.07) is 9.15. The molecule has 0 radical (unpaired) electrons. The molecular weight excluding hydrogens is 541 g/mol. The zero-order valence-corrected chi connectivity index (χ0v) is 24.1. The van der Waals surface area contributed by atoms with Crippen molar-refractivity contribution in [2.45, 2.75) is 69.5 Å². The molecule has 0 N–H and O–H groups in total. The lowest BCUT2D eigenvalue weighted by Crippen LogP contribution is -2.43. The van der Waals surface area contributed by atoms with Gasteiger partial charge in [-0.1, -0.05) is 32.0 Å². The predicted molar refractivity (Wildman–Crippen MR) is 153 cm³/mol. The smallest absolute Gasteiger partial charge is 0.320 e. The first-order chi connectivity index (χ1) is 20.0. The zero-order valence-electron chi connectivity index (χ0n) is 24.1. The van der Waals surface area contributed by atoms with Crippen LogP contribution in [0.1, 0.15) is 74.4 Å². The van der Waals surface area contributed by atoms with Crippen LogP contribution in [0.2, 0.25) is 0 Å². The molecule has 2 saturated carbocycles. The molecule has 1 aromatic carbocycles. The fraction of sp³-hybridized carbons (Fsp3) is 0.500. The van der Waals surface area contributed by atoms with Crippen LogP contribution >= 0.6 is 0 Å². The molecule has 10 heteroatoms. The summed E-state index contributed by atoms with van der Waals surface area (Å²) in [4.78, 5) is 20.6. The number of fused-ring (bicyclic) bond motifs is 1. The fourth-order valence-corrected chi connectivity index (χ4v) is 7.66. The fourth-order valence-electron chi connectivity index (χ4n) is 7.66. The van der Waals surface area contributed by atoms with Crippen LogP contribution in [0.3, 0.4) is 0 Å². The van der Waals surface area contributed by atoms with E-state index in [1.54, 1.807) is 12.5 Å². The van der Waals surface area contributed by atoms with E-state index in [-0.39, 0.29) is 28.6 Å². The van der Waals surface area contributed by atoms with Gasteiger partial charge in [0.2, 0.25) is 0 Å². The van der Waals surface area contributed by atoms with Crippen LogP contribution in [-0.4, -0.2) is 48.2 Å². The molecule has 3 fully saturated rings. The number of benzene rings is 1. The van der Waals surface area contributed by atoms with Crippen LogP contribution in [-0.2, 0) is 18.6 Å². The number of alkyl halides is 3. The summed E-state index contributed by atoms with van der Waals surface area (Å²) in [5.74, 6) is 1.94. The molecule has 220 valence electrons. The Morgan fingerprint density at radius 3 is 2.60 bits per heavy atom. The van der Waals surface area contributed by atoms with Gasteiger partial charge in [0.1, 0.15) is 12.2 Å². The number of rotatable bonds is 5. The van der Waals surface area contributed by atoms with Gasteiger partial charge in [0.15, 0.2) is 5.65 Å². The lowest BCUT2D eigenvalue weighted by atomic mass is 9.58. The Bertz CT molecular complexity index is 1720. The maximum Gasteiger partial charge on any atom is 0.419 e. The Morgan fingerprint density at radius 2 is 1.90 bits per heavy atom. The number of nitrogens with zero attached hydrogens (tertiary/aromatic N) is 6. The molecule has 3 aromatic heterocycles. The summed E-state index contributed by atoms with van der Waals surface area (Å²) in [5.41, 5.74) is 0.428. The van der Waals surface area contributed by atoms with Crippen LogP contribution in [0, 0.1) is 11.8 Å². The Morgan fingerprint density at radius 1 is 1.10 bits per heavy atom. The predicted octanol–water partition coefficient (Wildman–Crippen LogP) is 5.81. The Kier molecular flexibility index (Phi) is 6.34. The lowest BCUT2D eigenvalue weighted by molar-refractivity contribution is -0.136. The van der Waals surface area contributed by atoms with Gasteiger partial charge in [-0.25, -0.2) is 4.98 Å². The maximum absolute atomic E-state index is 14.3. The SMILES string of the molecule is CC1CC(c2cccc(-c3cnc4c(C(F)(F)F)cc(C5CC5N5CCC[C@H](C)C5)cn4c3=O)c2)(c2nncn2C)C1. The van der Waals surface area contributed by atoms with Gasteiger partial charge in [-0.15, -0.1) is 10.2 Å². The maximum atomic E-state index is 14.3. The van der Waals surface area contributed by atoms with E-state index in [9.17, 15) is 18.0 Å². The molecule has 7 rings (SSSR count). The monoisotopic (exact) mass is 576 g/mol. The molecule has 42 heavy (non-hydrogen) atoms. The van der Waals surface area contributed by atoms with E-state index in [4.69, 9.17) is 0 Å². The minimum Gasteiger partial charge on any atom is -0.320 e. The van der Waals surface area contributed by atoms with Gasteiger partial charge in [0.05, 0.1) is 16.5 Å². The van der Waals surface area contributed by atoms with Crippen molar-refractivity contribution in [2.24, 2.45) is 18.9 Å². The Balaban J connectivity index is 1.30. The van der Waals surface area contributed by atoms with E-state index >= 15 is 0 Å². The van der Waals surface area contributed by atoms with E-state index in [1.165, 1.54) is 18.7 Å². The van der Waals surface area contributed by atoms with Gasteiger partial charge < -0.3 is 4.57 Å². The number of aryl methyl sites for hydroxylation is 1. The number of halogens is 3. The minimum absolute atomic E-state index is 0.0217. The minimum atomic E-state index is -4.63. The van der Waals surface area contributed by atoms with Gasteiger partial charge in [-0.2, -0.15) is 13.2 Å². The second kappa shape index (κ2) is 9.76. The second-order valence-corrected chi connectivity index (χ2v) is 12.9. The van der Waals surface area contributed by atoms with Gasteiger partial charge >= 0.3 is 6.18 Å². The molecule has 3 aliphatic rings. The summed E-state index contributed by atoms with van der Waals surface area (Å²) in [6.45, 7) is 6.37. The molecule has 2 aliphatic carbocycles. The molecule has 4 aromatic rings. The highest BCUT2D eigenvalue weighted by molar-refractivity contribution is 5.66. The van der Waals surface area contributed by atoms with Crippen LogP contribution < -0.4 is 5.56 Å². The first-order valence-corrected chi connectivity index (χ1v) is 14.9. The summed E-state index contributed by atoms with van der Waals surface area (Å²) in [6.07, 6.45) is 4.85. The van der Waals surface area contributed by atoms with Crippen molar-refractivity contribution in [2.75, 3.05) is 13.1 Å². The summed E-state index contributed by atoms with van der Waals surface area (Å²) in [5, 5.41) is 8.51. The highest BCUT2D eigenvalue weighted by Gasteiger charge is 2.48. The third-order valence-electron chi connectivity index (χ3n) is 9.73. The largest absolute Gasteiger partial charge is 0.419 e. The van der Waals surface area contributed by atoms with Crippen LogP contribution in [0.15, 0.2) is 53.8 Å². The molecule has 2 unspecified atom stereocenters. The Hall–Kier alpha value is -3.53. The van der Waals surface area contributed by atoms with E-state index in [1.807, 2.05) is 35.9 Å². The standard InChI is InChI=1S/C32H35F3N6O/c1-19-6-5-9-40(16-19)27-12-24(27)22-11-26(32(33,34)35)28-36-15-25(29(42)41(28)17-22)21-7-4-8-23(10-21)31(13-20(2)14-31)30-38-37-18-39(30)3/h4,7-8,10-11,15,17-20,24,27H,5-6,9,12-14,16H2,1-3H3/t19-,20?,24?,27?,31?/m0/s1. The average molecular weight is 577 g/mol. The van der Waals surface area contributed by atoms with Crippen molar-refractivity contribution in [3.63, 3.8) is 0 Å². The van der Waals surface area contributed by atoms with Gasteiger partial charge in [0, 0.05) is 37.9 Å². The number of piperidine rings is 1. The highest BCUT2D eigenvalue weighted by atomic mass is 19.4. The van der Waals surface area contributed by atoms with Gasteiger partial charge in [0.25, 0.3) is 5.56 Å². The van der Waals surface area contributed by atoms with Crippen molar-refractivity contribution >= 4 is 5.65 Å². The third-order valence-corrected chi connectivity index (χ3v) is 9.73. The number of likely N-dealkylation sites (tertiary alicyclic amines) is 1. The van der Waals surface area contributed by atoms with E-state index in [0.29, 0.717) is 23.0 Å². The number of hydrogen-bond donors (Lipinski definition) is 0. The molecule has 1 aliphatic heterocycles. The third kappa shape index (κ3) is 4.46. The molecule has 0 bridgehead atoms. The number of aromatic nitrogens is 5. The van der Waals surface area contributed by atoms with Crippen LogP contribution in [0.5, 0.6) is 0 Å². The van der Waals surface area contributed by atoms with Crippen molar-refractivity contribution < 1.29 is 13.2 Å². The number of hydrogen-bond acceptors (Lipinski definition) is 5. The molecule has 0 amide bonds. The molecule has 7 nitrogen and oxygen atoms in total. The van der Waals surface area contributed by atoms with E-state index in [2.05, 4.69) is 33.9 Å². The molecule has 1 saturated heterocycles. The summed E-state index contributed by atoms with van der Waals surface area (Å²) in [7, 11) is 1.93.